The molecule has 1 fully saturated rings. The van der Waals surface area contributed by atoms with Gasteiger partial charge in [0.25, 0.3) is 0 Å². The molecule has 2 rings (SSSR count). The van der Waals surface area contributed by atoms with E-state index in [2.05, 4.69) is 23.5 Å². The van der Waals surface area contributed by atoms with E-state index in [9.17, 15) is 4.79 Å². The summed E-state index contributed by atoms with van der Waals surface area (Å²) in [4.78, 5) is 15.0. The summed E-state index contributed by atoms with van der Waals surface area (Å²) < 4.78 is 11.3. The van der Waals surface area contributed by atoms with Gasteiger partial charge in [-0.3, -0.25) is 0 Å². The van der Waals surface area contributed by atoms with E-state index in [4.69, 9.17) is 9.47 Å². The van der Waals surface area contributed by atoms with Gasteiger partial charge in [-0.1, -0.05) is 30.5 Å². The van der Waals surface area contributed by atoms with Gasteiger partial charge >= 0.3 is 6.09 Å². The average molecular weight is 375 g/mol. The molecule has 1 heterocycles. The van der Waals surface area contributed by atoms with Crippen LogP contribution in [0.25, 0.3) is 0 Å². The van der Waals surface area contributed by atoms with E-state index in [1.54, 1.807) is 11.0 Å². The molecular weight excluding hydrogens is 350 g/mol. The van der Waals surface area contributed by atoms with E-state index in [1.807, 2.05) is 45.0 Å². The lowest BCUT2D eigenvalue weighted by Crippen LogP contribution is -2.44. The Morgan fingerprint density at radius 3 is 2.88 bits per heavy atom. The number of ether oxygens (including phenoxy) is 2. The van der Waals surface area contributed by atoms with Crippen molar-refractivity contribution in [3.05, 3.63) is 42.5 Å². The SMILES string of the molecule is C=C/C(=N\N=C)Sc1cccc(C2CN(C(=O)OC(C)(C)C)CCO2)c1. The highest BCUT2D eigenvalue weighted by atomic mass is 32.2. The van der Waals surface area contributed by atoms with Crippen molar-refractivity contribution in [2.45, 2.75) is 37.4 Å². The molecule has 0 bridgehead atoms. The molecule has 0 aromatic heterocycles. The first-order valence-electron chi connectivity index (χ1n) is 8.36. The van der Waals surface area contributed by atoms with Gasteiger partial charge in [-0.15, -0.1) is 5.10 Å². The average Bonchev–Trinajstić information content (AvgIpc) is 2.60. The van der Waals surface area contributed by atoms with Crippen LogP contribution in [0, 0.1) is 0 Å². The van der Waals surface area contributed by atoms with Crippen molar-refractivity contribution in [2.24, 2.45) is 10.2 Å². The molecule has 26 heavy (non-hydrogen) atoms. The second-order valence-corrected chi connectivity index (χ2v) is 7.84. The minimum Gasteiger partial charge on any atom is -0.444 e. The fraction of sp³-hybridized carbons (Fsp3) is 0.421. The van der Waals surface area contributed by atoms with Gasteiger partial charge in [-0.2, -0.15) is 5.10 Å². The molecule has 1 aliphatic heterocycles. The number of thioether (sulfide) groups is 1. The highest BCUT2D eigenvalue weighted by molar-refractivity contribution is 8.14. The van der Waals surface area contributed by atoms with Crippen LogP contribution in [0.1, 0.15) is 32.4 Å². The molecule has 0 N–H and O–H groups in total. The molecule has 1 atom stereocenters. The summed E-state index contributed by atoms with van der Waals surface area (Å²) in [7, 11) is 0. The molecule has 1 aromatic rings. The molecule has 140 valence electrons. The van der Waals surface area contributed by atoms with Crippen LogP contribution in [0.2, 0.25) is 0 Å². The van der Waals surface area contributed by atoms with E-state index in [-0.39, 0.29) is 12.2 Å². The molecule has 7 heteroatoms. The zero-order chi connectivity index (χ0) is 19.2. The Balaban J connectivity index is 2.09. The maximum Gasteiger partial charge on any atom is 0.410 e. The second kappa shape index (κ2) is 9.00. The Labute approximate surface area is 159 Å². The van der Waals surface area contributed by atoms with Crippen LogP contribution in [0.3, 0.4) is 0 Å². The number of benzene rings is 1. The van der Waals surface area contributed by atoms with Crippen LogP contribution in [0.15, 0.2) is 52.0 Å². The molecule has 0 spiro atoms. The third kappa shape index (κ3) is 6.00. The van der Waals surface area contributed by atoms with Crippen LogP contribution in [0.5, 0.6) is 0 Å². The minimum atomic E-state index is -0.513. The molecule has 1 saturated heterocycles. The van der Waals surface area contributed by atoms with Gasteiger partial charge in [0.15, 0.2) is 0 Å². The number of hydrogen-bond donors (Lipinski definition) is 0. The first-order chi connectivity index (χ1) is 12.3. The van der Waals surface area contributed by atoms with Crippen LogP contribution < -0.4 is 0 Å². The van der Waals surface area contributed by atoms with Crippen molar-refractivity contribution >= 4 is 29.6 Å². The van der Waals surface area contributed by atoms with E-state index >= 15 is 0 Å². The number of carbonyl (C=O) groups is 1. The Kier molecular flexibility index (Phi) is 6.99. The number of amides is 1. The van der Waals surface area contributed by atoms with Gasteiger partial charge in [-0.25, -0.2) is 4.79 Å². The topological polar surface area (TPSA) is 63.5 Å². The zero-order valence-electron chi connectivity index (χ0n) is 15.5. The second-order valence-electron chi connectivity index (χ2n) is 6.74. The standard InChI is InChI=1S/C19H25N3O3S/c1-6-17(21-20-5)26-15-9-7-8-14(12-15)16-13-22(10-11-24-16)18(23)25-19(2,3)4/h6-9,12,16H,1,5,10-11,13H2,2-4H3/b21-17+. The highest BCUT2D eigenvalue weighted by Crippen LogP contribution is 2.28. The van der Waals surface area contributed by atoms with Crippen LogP contribution in [-0.2, 0) is 9.47 Å². The van der Waals surface area contributed by atoms with Gasteiger partial charge in [0.1, 0.15) is 16.7 Å². The Morgan fingerprint density at radius 1 is 1.46 bits per heavy atom. The number of carbonyl (C=O) groups excluding carboxylic acids is 1. The van der Waals surface area contributed by atoms with Gasteiger partial charge in [0, 0.05) is 18.2 Å². The first kappa shape index (κ1) is 20.2. The summed E-state index contributed by atoms with van der Waals surface area (Å²) in [6.07, 6.45) is 1.13. The quantitative estimate of drug-likeness (QED) is 0.341. The highest BCUT2D eigenvalue weighted by Gasteiger charge is 2.29. The molecule has 0 radical (unpaired) electrons. The summed E-state index contributed by atoms with van der Waals surface area (Å²) in [5, 5.41) is 8.13. The Hall–Kier alpha value is -2.12. The lowest BCUT2D eigenvalue weighted by molar-refractivity contribution is -0.0433. The predicted octanol–water partition coefficient (Wildman–Crippen LogP) is 4.29. The van der Waals surface area contributed by atoms with Crippen molar-refractivity contribution in [3.8, 4) is 0 Å². The summed E-state index contributed by atoms with van der Waals surface area (Å²) >= 11 is 1.44. The van der Waals surface area contributed by atoms with Crippen molar-refractivity contribution < 1.29 is 14.3 Å². The van der Waals surface area contributed by atoms with Crippen LogP contribution in [-0.4, -0.2) is 48.1 Å². The van der Waals surface area contributed by atoms with Crippen molar-refractivity contribution in [1.82, 2.24) is 4.90 Å². The normalized spacial score (nSPS) is 18.3. The van der Waals surface area contributed by atoms with Crippen LogP contribution in [0.4, 0.5) is 4.79 Å². The maximum absolute atomic E-state index is 12.3. The molecular formula is C19H25N3O3S. The molecule has 6 nitrogen and oxygen atoms in total. The fourth-order valence-corrected chi connectivity index (χ4v) is 3.18. The summed E-state index contributed by atoms with van der Waals surface area (Å²) in [5.41, 5.74) is 0.486. The van der Waals surface area contributed by atoms with Gasteiger partial charge in [0.2, 0.25) is 0 Å². The third-order valence-corrected chi connectivity index (χ3v) is 4.46. The third-order valence-electron chi connectivity index (χ3n) is 3.51. The number of morpholine rings is 1. The van der Waals surface area contributed by atoms with Crippen molar-refractivity contribution in [1.29, 1.82) is 0 Å². The Bertz CT molecular complexity index is 698. The van der Waals surface area contributed by atoms with E-state index in [1.165, 1.54) is 11.8 Å². The number of nitrogens with zero attached hydrogens (tertiary/aromatic N) is 3. The summed E-state index contributed by atoms with van der Waals surface area (Å²) in [6.45, 7) is 14.1. The lowest BCUT2D eigenvalue weighted by atomic mass is 10.1. The first-order valence-corrected chi connectivity index (χ1v) is 9.17. The maximum atomic E-state index is 12.3. The molecule has 1 unspecified atom stereocenters. The molecule has 1 aliphatic rings. The number of rotatable bonds is 4. The monoisotopic (exact) mass is 375 g/mol. The molecule has 1 amide bonds. The molecule has 1 aromatic carbocycles. The lowest BCUT2D eigenvalue weighted by Gasteiger charge is -2.34. The van der Waals surface area contributed by atoms with Crippen molar-refractivity contribution in [2.75, 3.05) is 19.7 Å². The summed E-state index contributed by atoms with van der Waals surface area (Å²) in [5.74, 6) is 0. The molecule has 0 aliphatic carbocycles. The number of hydrogen-bond acceptors (Lipinski definition) is 6. The van der Waals surface area contributed by atoms with Gasteiger partial charge < -0.3 is 14.4 Å². The van der Waals surface area contributed by atoms with Gasteiger partial charge in [0.05, 0.1) is 13.2 Å². The zero-order valence-corrected chi connectivity index (χ0v) is 16.3. The fourth-order valence-electron chi connectivity index (χ4n) is 2.41. The van der Waals surface area contributed by atoms with E-state index in [0.717, 1.165) is 10.5 Å². The predicted molar refractivity (Wildman–Crippen MR) is 106 cm³/mol. The van der Waals surface area contributed by atoms with E-state index in [0.29, 0.717) is 24.7 Å². The Morgan fingerprint density at radius 2 is 2.23 bits per heavy atom. The van der Waals surface area contributed by atoms with E-state index < -0.39 is 5.60 Å². The van der Waals surface area contributed by atoms with Crippen LogP contribution >= 0.6 is 11.8 Å². The summed E-state index contributed by atoms with van der Waals surface area (Å²) in [6, 6.07) is 7.94. The smallest absolute Gasteiger partial charge is 0.410 e. The minimum absolute atomic E-state index is 0.196. The molecule has 0 saturated carbocycles. The van der Waals surface area contributed by atoms with Gasteiger partial charge in [-0.05, 0) is 44.5 Å². The largest absolute Gasteiger partial charge is 0.444 e. The van der Waals surface area contributed by atoms with Crippen molar-refractivity contribution in [3.63, 3.8) is 0 Å².